The molecule has 0 unspecified atom stereocenters. The Bertz CT molecular complexity index is 215. The molecule has 0 amide bonds. The minimum Gasteiger partial charge on any atom is -0.422 e. The highest BCUT2D eigenvalue weighted by Gasteiger charge is 1.93. The van der Waals surface area contributed by atoms with Gasteiger partial charge in [-0.3, -0.25) is 0 Å². The van der Waals surface area contributed by atoms with Gasteiger partial charge in [-0.15, -0.1) is 10.2 Å². The molecule has 0 aliphatic rings. The van der Waals surface area contributed by atoms with Gasteiger partial charge in [-0.05, 0) is 13.0 Å². The van der Waals surface area contributed by atoms with Gasteiger partial charge in [0.15, 0.2) is 0 Å². The summed E-state index contributed by atoms with van der Waals surface area (Å²) in [5.41, 5.74) is 0. The molecular weight excluding hydrogens is 116 g/mol. The zero-order valence-electron chi connectivity index (χ0n) is 5.46. The van der Waals surface area contributed by atoms with E-state index in [-0.39, 0.29) is 0 Å². The van der Waals surface area contributed by atoms with E-state index in [9.17, 15) is 0 Å². The number of nitrogens with zero attached hydrogens (tertiary/aromatic N) is 2. The van der Waals surface area contributed by atoms with E-state index in [0.29, 0.717) is 11.8 Å². The van der Waals surface area contributed by atoms with Crippen molar-refractivity contribution in [3.05, 3.63) is 17.9 Å². The third-order valence-electron chi connectivity index (χ3n) is 0.851. The Morgan fingerprint density at radius 1 is 1.44 bits per heavy atom. The lowest BCUT2D eigenvalue weighted by molar-refractivity contribution is 0.509. The van der Waals surface area contributed by atoms with E-state index in [1.165, 1.54) is 0 Å². The largest absolute Gasteiger partial charge is 0.422 e. The van der Waals surface area contributed by atoms with Crippen LogP contribution in [0.15, 0.2) is 10.5 Å². The van der Waals surface area contributed by atoms with Gasteiger partial charge in [-0.2, -0.15) is 0 Å². The van der Waals surface area contributed by atoms with Crippen molar-refractivity contribution >= 4 is 6.08 Å². The molecule has 0 saturated carbocycles. The van der Waals surface area contributed by atoms with Crippen molar-refractivity contribution in [1.29, 1.82) is 0 Å². The molecular formula is C6H8N2O. The third-order valence-corrected chi connectivity index (χ3v) is 0.851. The van der Waals surface area contributed by atoms with Crippen molar-refractivity contribution in [2.45, 2.75) is 13.8 Å². The van der Waals surface area contributed by atoms with Crippen LogP contribution >= 0.6 is 0 Å². The van der Waals surface area contributed by atoms with E-state index in [1.807, 2.05) is 13.0 Å². The third kappa shape index (κ3) is 1.38. The van der Waals surface area contributed by atoms with Gasteiger partial charge in [0.05, 0.1) is 0 Å². The summed E-state index contributed by atoms with van der Waals surface area (Å²) in [7, 11) is 0. The number of aromatic nitrogens is 2. The highest BCUT2D eigenvalue weighted by Crippen LogP contribution is 1.98. The minimum atomic E-state index is 0.565. The Morgan fingerprint density at radius 3 is 2.67 bits per heavy atom. The van der Waals surface area contributed by atoms with Crippen LogP contribution in [0.5, 0.6) is 0 Å². The molecule has 1 heterocycles. The Balaban J connectivity index is 2.85. The van der Waals surface area contributed by atoms with E-state index >= 15 is 0 Å². The van der Waals surface area contributed by atoms with Gasteiger partial charge in [0.2, 0.25) is 11.8 Å². The molecule has 0 aliphatic carbocycles. The van der Waals surface area contributed by atoms with Gasteiger partial charge in [-0.1, -0.05) is 6.08 Å². The standard InChI is InChI=1S/C6H8N2O/c1-3-4-6-8-7-5(2)9-6/h3-4H,1-2H3/b4-3+. The molecule has 0 atom stereocenters. The van der Waals surface area contributed by atoms with Gasteiger partial charge < -0.3 is 4.42 Å². The lowest BCUT2D eigenvalue weighted by atomic mass is 10.5. The van der Waals surface area contributed by atoms with Crippen LogP contribution in [0.25, 0.3) is 6.08 Å². The summed E-state index contributed by atoms with van der Waals surface area (Å²) in [5, 5.41) is 7.37. The Hall–Kier alpha value is -1.12. The molecule has 1 aromatic heterocycles. The molecule has 0 saturated heterocycles. The maximum absolute atomic E-state index is 5.01. The lowest BCUT2D eigenvalue weighted by Gasteiger charge is -1.74. The first kappa shape index (κ1) is 6.01. The second kappa shape index (κ2) is 2.44. The van der Waals surface area contributed by atoms with Crippen molar-refractivity contribution in [2.75, 3.05) is 0 Å². The molecule has 1 rings (SSSR count). The van der Waals surface area contributed by atoms with Crippen LogP contribution in [0.3, 0.4) is 0 Å². The summed E-state index contributed by atoms with van der Waals surface area (Å²) in [6, 6.07) is 0. The first-order valence-electron chi connectivity index (χ1n) is 2.75. The second-order valence-electron chi connectivity index (χ2n) is 1.66. The summed E-state index contributed by atoms with van der Waals surface area (Å²) < 4.78 is 5.01. The van der Waals surface area contributed by atoms with Crippen LogP contribution in [0.2, 0.25) is 0 Å². The van der Waals surface area contributed by atoms with E-state index in [2.05, 4.69) is 10.2 Å². The molecule has 9 heavy (non-hydrogen) atoms. The van der Waals surface area contributed by atoms with Gasteiger partial charge >= 0.3 is 0 Å². The highest BCUT2D eigenvalue weighted by molar-refractivity contribution is 5.35. The quantitative estimate of drug-likeness (QED) is 0.568. The Labute approximate surface area is 53.4 Å². The predicted molar refractivity (Wildman–Crippen MR) is 33.7 cm³/mol. The molecule has 0 aliphatic heterocycles. The van der Waals surface area contributed by atoms with Crippen LogP contribution < -0.4 is 0 Å². The van der Waals surface area contributed by atoms with E-state index < -0.39 is 0 Å². The number of rotatable bonds is 1. The monoisotopic (exact) mass is 124 g/mol. The molecule has 48 valence electrons. The minimum absolute atomic E-state index is 0.565. The van der Waals surface area contributed by atoms with Crippen molar-refractivity contribution in [3.8, 4) is 0 Å². The summed E-state index contributed by atoms with van der Waals surface area (Å²) in [4.78, 5) is 0. The molecule has 1 aromatic rings. The van der Waals surface area contributed by atoms with E-state index in [4.69, 9.17) is 4.42 Å². The molecule has 3 nitrogen and oxygen atoms in total. The van der Waals surface area contributed by atoms with Gasteiger partial charge in [-0.25, -0.2) is 0 Å². The fourth-order valence-electron chi connectivity index (χ4n) is 0.522. The molecule has 3 heteroatoms. The van der Waals surface area contributed by atoms with Crippen molar-refractivity contribution in [2.24, 2.45) is 0 Å². The SMILES string of the molecule is C/C=C/c1nnc(C)o1. The van der Waals surface area contributed by atoms with Crippen LogP contribution in [0.1, 0.15) is 18.7 Å². The Kier molecular flexibility index (Phi) is 1.63. The van der Waals surface area contributed by atoms with Gasteiger partial charge in [0, 0.05) is 6.92 Å². The topological polar surface area (TPSA) is 38.9 Å². The maximum atomic E-state index is 5.01. The number of hydrogen-bond acceptors (Lipinski definition) is 3. The van der Waals surface area contributed by atoms with E-state index in [0.717, 1.165) is 0 Å². The average Bonchev–Trinajstić information content (AvgIpc) is 2.17. The van der Waals surface area contributed by atoms with Crippen LogP contribution in [-0.2, 0) is 0 Å². The maximum Gasteiger partial charge on any atom is 0.240 e. The van der Waals surface area contributed by atoms with Crippen molar-refractivity contribution < 1.29 is 4.42 Å². The summed E-state index contributed by atoms with van der Waals surface area (Å²) in [5.74, 6) is 1.16. The molecule has 0 radical (unpaired) electrons. The van der Waals surface area contributed by atoms with Crippen LogP contribution in [0.4, 0.5) is 0 Å². The smallest absolute Gasteiger partial charge is 0.240 e. The number of hydrogen-bond donors (Lipinski definition) is 0. The van der Waals surface area contributed by atoms with Crippen LogP contribution in [-0.4, -0.2) is 10.2 Å². The van der Waals surface area contributed by atoms with Crippen molar-refractivity contribution in [3.63, 3.8) is 0 Å². The van der Waals surface area contributed by atoms with Gasteiger partial charge in [0.25, 0.3) is 0 Å². The zero-order chi connectivity index (χ0) is 6.69. The summed E-state index contributed by atoms with van der Waals surface area (Å²) in [6.45, 7) is 3.67. The highest BCUT2D eigenvalue weighted by atomic mass is 16.4. The molecule has 0 spiro atoms. The second-order valence-corrected chi connectivity index (χ2v) is 1.66. The summed E-state index contributed by atoms with van der Waals surface area (Å²) >= 11 is 0. The van der Waals surface area contributed by atoms with Gasteiger partial charge in [0.1, 0.15) is 0 Å². The first-order chi connectivity index (χ1) is 4.33. The van der Waals surface area contributed by atoms with E-state index in [1.54, 1.807) is 13.0 Å². The molecule has 0 fully saturated rings. The predicted octanol–water partition coefficient (Wildman–Crippen LogP) is 1.41. The number of aryl methyl sites for hydroxylation is 1. The first-order valence-corrected chi connectivity index (χ1v) is 2.75. The van der Waals surface area contributed by atoms with Crippen LogP contribution in [0, 0.1) is 6.92 Å². The fraction of sp³-hybridized carbons (Fsp3) is 0.333. The Morgan fingerprint density at radius 2 is 2.22 bits per heavy atom. The fourth-order valence-corrected chi connectivity index (χ4v) is 0.522. The molecule has 0 aromatic carbocycles. The lowest BCUT2D eigenvalue weighted by Crippen LogP contribution is -1.69. The summed E-state index contributed by atoms with van der Waals surface area (Å²) in [6.07, 6.45) is 3.62. The normalized spacial score (nSPS) is 10.9. The molecule has 0 N–H and O–H groups in total. The zero-order valence-corrected chi connectivity index (χ0v) is 5.46. The molecule has 0 bridgehead atoms. The van der Waals surface area contributed by atoms with Crippen molar-refractivity contribution in [1.82, 2.24) is 10.2 Å². The number of allylic oxidation sites excluding steroid dienone is 1. The average molecular weight is 124 g/mol.